The van der Waals surface area contributed by atoms with Crippen molar-refractivity contribution in [3.8, 4) is 0 Å². The molecule has 8 nitrogen and oxygen atoms in total. The quantitative estimate of drug-likeness (QED) is 0.292. The predicted molar refractivity (Wildman–Crippen MR) is 140 cm³/mol. The maximum atomic E-state index is 12.3. The fraction of sp³-hybridized carbons (Fsp3) is 0.250. The third kappa shape index (κ3) is 5.52. The normalized spacial score (nSPS) is 14.4. The summed E-state index contributed by atoms with van der Waals surface area (Å²) < 4.78 is 0. The van der Waals surface area contributed by atoms with Gasteiger partial charge in [-0.15, -0.1) is 11.3 Å². The number of carbonyl (C=O) groups excluding carboxylic acids is 1. The van der Waals surface area contributed by atoms with Crippen molar-refractivity contribution in [2.45, 2.75) is 13.0 Å². The molecule has 176 valence electrons. The SMILES string of the molecule is CC(Nc1cc(N2CCN(C(=S)NC(=O)c3cccs3)CC2)ccc1[N+](=O)[O-])c1ccccc1. The zero-order chi connectivity index (χ0) is 24.1. The van der Waals surface area contributed by atoms with Crippen molar-refractivity contribution in [3.63, 3.8) is 0 Å². The van der Waals surface area contributed by atoms with Crippen molar-refractivity contribution in [1.82, 2.24) is 10.2 Å². The minimum Gasteiger partial charge on any atom is -0.373 e. The maximum absolute atomic E-state index is 12.3. The smallest absolute Gasteiger partial charge is 0.292 e. The van der Waals surface area contributed by atoms with E-state index in [1.165, 1.54) is 11.3 Å². The molecule has 1 amide bonds. The van der Waals surface area contributed by atoms with Crippen LogP contribution in [0.2, 0.25) is 0 Å². The molecule has 1 aliphatic rings. The largest absolute Gasteiger partial charge is 0.373 e. The highest BCUT2D eigenvalue weighted by atomic mass is 32.1. The van der Waals surface area contributed by atoms with Gasteiger partial charge in [-0.25, -0.2) is 0 Å². The number of anilines is 2. The minimum atomic E-state index is -0.365. The molecule has 1 aromatic heterocycles. The number of thiocarbonyl (C=S) groups is 1. The monoisotopic (exact) mass is 495 g/mol. The summed E-state index contributed by atoms with van der Waals surface area (Å²) in [5.41, 5.74) is 2.48. The molecule has 0 bridgehead atoms. The van der Waals surface area contributed by atoms with Gasteiger partial charge >= 0.3 is 0 Å². The molecular formula is C24H25N5O3S2. The molecule has 0 saturated carbocycles. The number of amides is 1. The molecule has 1 atom stereocenters. The number of benzene rings is 2. The molecule has 3 aromatic rings. The Labute approximate surface area is 207 Å². The van der Waals surface area contributed by atoms with E-state index in [1.807, 2.05) is 59.7 Å². The second kappa shape index (κ2) is 10.6. The second-order valence-electron chi connectivity index (χ2n) is 7.95. The summed E-state index contributed by atoms with van der Waals surface area (Å²) in [6, 6.07) is 18.5. The van der Waals surface area contributed by atoms with E-state index in [1.54, 1.807) is 18.2 Å². The van der Waals surface area contributed by atoms with E-state index in [0.29, 0.717) is 41.9 Å². The fourth-order valence-electron chi connectivity index (χ4n) is 3.87. The highest BCUT2D eigenvalue weighted by molar-refractivity contribution is 7.80. The Morgan fingerprint density at radius 3 is 2.47 bits per heavy atom. The van der Waals surface area contributed by atoms with E-state index < -0.39 is 0 Å². The van der Waals surface area contributed by atoms with Gasteiger partial charge in [0.1, 0.15) is 5.69 Å². The molecule has 2 heterocycles. The van der Waals surface area contributed by atoms with Gasteiger partial charge in [-0.1, -0.05) is 36.4 Å². The van der Waals surface area contributed by atoms with Crippen molar-refractivity contribution in [2.75, 3.05) is 36.4 Å². The lowest BCUT2D eigenvalue weighted by molar-refractivity contribution is -0.384. The van der Waals surface area contributed by atoms with E-state index in [4.69, 9.17) is 12.2 Å². The lowest BCUT2D eigenvalue weighted by Crippen LogP contribution is -2.52. The van der Waals surface area contributed by atoms with Crippen molar-refractivity contribution in [2.24, 2.45) is 0 Å². The van der Waals surface area contributed by atoms with Crippen LogP contribution in [0, 0.1) is 10.1 Å². The van der Waals surface area contributed by atoms with Crippen LogP contribution in [0.5, 0.6) is 0 Å². The lowest BCUT2D eigenvalue weighted by Gasteiger charge is -2.37. The molecule has 0 radical (unpaired) electrons. The number of thiophene rings is 1. The second-order valence-corrected chi connectivity index (χ2v) is 9.28. The zero-order valence-corrected chi connectivity index (χ0v) is 20.3. The van der Waals surface area contributed by atoms with Crippen LogP contribution >= 0.6 is 23.6 Å². The van der Waals surface area contributed by atoms with Crippen LogP contribution in [-0.2, 0) is 0 Å². The number of hydrogen-bond donors (Lipinski definition) is 2. The van der Waals surface area contributed by atoms with E-state index >= 15 is 0 Å². The first kappa shape index (κ1) is 23.7. The summed E-state index contributed by atoms with van der Waals surface area (Å²) in [7, 11) is 0. The number of hydrogen-bond acceptors (Lipinski definition) is 7. The van der Waals surface area contributed by atoms with Gasteiger partial charge in [0.25, 0.3) is 11.6 Å². The molecule has 10 heteroatoms. The molecule has 0 aliphatic carbocycles. The summed E-state index contributed by atoms with van der Waals surface area (Å²) in [4.78, 5) is 28.3. The molecule has 34 heavy (non-hydrogen) atoms. The lowest BCUT2D eigenvalue weighted by atomic mass is 10.1. The standard InChI is InChI=1S/C24H25N5O3S2/c1-17(18-6-3-2-4-7-18)25-20-16-19(9-10-21(20)29(31)32)27-11-13-28(14-12-27)24(33)26-23(30)22-8-5-15-34-22/h2-10,15-17,25H,11-14H2,1H3,(H,26,30,33). The highest BCUT2D eigenvalue weighted by Gasteiger charge is 2.23. The van der Waals surface area contributed by atoms with Gasteiger partial charge in [0.15, 0.2) is 5.11 Å². The third-order valence-electron chi connectivity index (χ3n) is 5.75. The van der Waals surface area contributed by atoms with Crippen LogP contribution in [0.25, 0.3) is 0 Å². The summed E-state index contributed by atoms with van der Waals surface area (Å²) in [5, 5.41) is 20.0. The van der Waals surface area contributed by atoms with Gasteiger partial charge in [0.2, 0.25) is 0 Å². The Kier molecular flexibility index (Phi) is 7.39. The van der Waals surface area contributed by atoms with E-state index in [2.05, 4.69) is 15.5 Å². The number of carbonyl (C=O) groups is 1. The molecular weight excluding hydrogens is 470 g/mol. The summed E-state index contributed by atoms with van der Waals surface area (Å²) >= 11 is 6.81. The van der Waals surface area contributed by atoms with Gasteiger partial charge in [-0.05, 0) is 48.3 Å². The van der Waals surface area contributed by atoms with Gasteiger partial charge < -0.3 is 15.1 Å². The average molecular weight is 496 g/mol. The van der Waals surface area contributed by atoms with Crippen molar-refractivity contribution >= 4 is 51.6 Å². The van der Waals surface area contributed by atoms with Crippen LogP contribution in [0.15, 0.2) is 66.0 Å². The fourth-order valence-corrected chi connectivity index (χ4v) is 4.76. The first-order valence-corrected chi connectivity index (χ1v) is 12.2. The Bertz CT molecular complexity index is 1160. The minimum absolute atomic E-state index is 0.0441. The molecule has 1 saturated heterocycles. The number of rotatable bonds is 6. The van der Waals surface area contributed by atoms with Crippen molar-refractivity contribution < 1.29 is 9.72 Å². The number of piperazine rings is 1. The van der Waals surface area contributed by atoms with Crippen LogP contribution in [0.3, 0.4) is 0 Å². The van der Waals surface area contributed by atoms with Crippen molar-refractivity contribution in [1.29, 1.82) is 0 Å². The molecule has 0 spiro atoms. The van der Waals surface area contributed by atoms with Gasteiger partial charge in [0, 0.05) is 44.0 Å². The van der Waals surface area contributed by atoms with Gasteiger partial charge in [-0.2, -0.15) is 0 Å². The Morgan fingerprint density at radius 2 is 1.82 bits per heavy atom. The number of nitro benzene ring substituents is 1. The predicted octanol–water partition coefficient (Wildman–Crippen LogP) is 4.67. The molecule has 1 aliphatic heterocycles. The first-order valence-electron chi connectivity index (χ1n) is 10.9. The molecule has 2 aromatic carbocycles. The van der Waals surface area contributed by atoms with Crippen LogP contribution in [0.1, 0.15) is 28.2 Å². The summed E-state index contributed by atoms with van der Waals surface area (Å²) in [5.74, 6) is -0.193. The summed E-state index contributed by atoms with van der Waals surface area (Å²) in [6.45, 7) is 4.63. The molecule has 4 rings (SSSR count). The maximum Gasteiger partial charge on any atom is 0.292 e. The Balaban J connectivity index is 1.41. The number of nitrogens with zero attached hydrogens (tertiary/aromatic N) is 3. The first-order chi connectivity index (χ1) is 16.4. The van der Waals surface area contributed by atoms with E-state index in [9.17, 15) is 14.9 Å². The van der Waals surface area contributed by atoms with Gasteiger partial charge in [0.05, 0.1) is 9.80 Å². The molecule has 1 unspecified atom stereocenters. The topological polar surface area (TPSA) is 90.8 Å². The number of nitro groups is 1. The Hall–Kier alpha value is -3.50. The van der Waals surface area contributed by atoms with Crippen LogP contribution in [0.4, 0.5) is 17.1 Å². The summed E-state index contributed by atoms with van der Waals surface area (Å²) in [6.07, 6.45) is 0. The zero-order valence-electron chi connectivity index (χ0n) is 18.6. The van der Waals surface area contributed by atoms with E-state index in [-0.39, 0.29) is 22.6 Å². The van der Waals surface area contributed by atoms with Gasteiger partial charge in [-0.3, -0.25) is 20.2 Å². The third-order valence-corrected chi connectivity index (χ3v) is 6.97. The van der Waals surface area contributed by atoms with Crippen molar-refractivity contribution in [3.05, 3.63) is 86.6 Å². The van der Waals surface area contributed by atoms with Crippen LogP contribution < -0.4 is 15.5 Å². The Morgan fingerprint density at radius 1 is 1.09 bits per heavy atom. The average Bonchev–Trinajstić information content (AvgIpc) is 3.40. The van der Waals surface area contributed by atoms with E-state index in [0.717, 1.165) is 11.3 Å². The molecule has 2 N–H and O–H groups in total. The van der Waals surface area contributed by atoms with Crippen LogP contribution in [-0.4, -0.2) is 47.0 Å². The molecule has 1 fully saturated rings. The highest BCUT2D eigenvalue weighted by Crippen LogP contribution is 2.32. The number of nitrogens with one attached hydrogen (secondary N) is 2.